The second-order valence-corrected chi connectivity index (χ2v) is 5.12. The van der Waals surface area contributed by atoms with Crippen LogP contribution in [0.3, 0.4) is 0 Å². The van der Waals surface area contributed by atoms with Crippen molar-refractivity contribution in [3.8, 4) is 0 Å². The average Bonchev–Trinajstić information content (AvgIpc) is 2.99. The summed E-state index contributed by atoms with van der Waals surface area (Å²) in [5.74, 6) is -1.95. The number of alkyl halides is 3. The van der Waals surface area contributed by atoms with Gasteiger partial charge in [-0.15, -0.1) is 10.2 Å². The number of nitrogens with one attached hydrogen (secondary N) is 1. The molecule has 0 atom stereocenters. The van der Waals surface area contributed by atoms with E-state index in [1.54, 1.807) is 0 Å². The van der Waals surface area contributed by atoms with Gasteiger partial charge in [-0.25, -0.2) is 4.98 Å². The highest BCUT2D eigenvalue weighted by atomic mass is 19.4. The molecule has 9 nitrogen and oxygen atoms in total. The van der Waals surface area contributed by atoms with E-state index in [-0.39, 0.29) is 28.5 Å². The number of benzene rings is 1. The van der Waals surface area contributed by atoms with Crippen molar-refractivity contribution in [1.82, 2.24) is 19.6 Å². The first kappa shape index (κ1) is 17.1. The van der Waals surface area contributed by atoms with Crippen molar-refractivity contribution in [1.29, 1.82) is 0 Å². The van der Waals surface area contributed by atoms with Gasteiger partial charge < -0.3 is 16.8 Å². The Kier molecular flexibility index (Phi) is 3.94. The zero-order valence-corrected chi connectivity index (χ0v) is 12.8. The first-order valence-corrected chi connectivity index (χ1v) is 6.96. The molecule has 3 rings (SSSR count). The highest BCUT2D eigenvalue weighted by Gasteiger charge is 2.30. The van der Waals surface area contributed by atoms with Gasteiger partial charge in [-0.05, 0) is 18.2 Å². The molecule has 0 radical (unpaired) electrons. The second-order valence-electron chi connectivity index (χ2n) is 5.12. The zero-order valence-electron chi connectivity index (χ0n) is 12.8. The van der Waals surface area contributed by atoms with Crippen LogP contribution in [0.15, 0.2) is 30.6 Å². The summed E-state index contributed by atoms with van der Waals surface area (Å²) in [4.78, 5) is 27.2. The van der Waals surface area contributed by atoms with Crippen molar-refractivity contribution in [3.05, 3.63) is 47.5 Å². The lowest BCUT2D eigenvalue weighted by Gasteiger charge is -2.10. The van der Waals surface area contributed by atoms with Gasteiger partial charge >= 0.3 is 6.18 Å². The molecule has 26 heavy (non-hydrogen) atoms. The highest BCUT2D eigenvalue weighted by molar-refractivity contribution is 6.06. The third kappa shape index (κ3) is 2.99. The molecule has 0 bridgehead atoms. The number of aromatic nitrogens is 4. The fourth-order valence-corrected chi connectivity index (χ4v) is 2.18. The lowest BCUT2D eigenvalue weighted by atomic mass is 10.2. The van der Waals surface area contributed by atoms with E-state index in [1.807, 2.05) is 0 Å². The number of fused-ring (bicyclic) bond motifs is 1. The Bertz CT molecular complexity index is 1030. The lowest BCUT2D eigenvalue weighted by molar-refractivity contribution is -0.137. The molecule has 12 heteroatoms. The third-order valence-electron chi connectivity index (χ3n) is 3.39. The first-order chi connectivity index (χ1) is 12.2. The quantitative estimate of drug-likeness (QED) is 0.634. The van der Waals surface area contributed by atoms with Crippen LogP contribution in [0, 0.1) is 0 Å². The Morgan fingerprint density at radius 3 is 2.54 bits per heavy atom. The van der Waals surface area contributed by atoms with Gasteiger partial charge in [0.25, 0.3) is 11.8 Å². The summed E-state index contributed by atoms with van der Waals surface area (Å²) in [5, 5.41) is 9.54. The van der Waals surface area contributed by atoms with Crippen LogP contribution < -0.4 is 16.8 Å². The smallest absolute Gasteiger partial charge is 0.383 e. The highest BCUT2D eigenvalue weighted by Crippen LogP contribution is 2.30. The van der Waals surface area contributed by atoms with Gasteiger partial charge in [0, 0.05) is 5.69 Å². The number of rotatable bonds is 3. The van der Waals surface area contributed by atoms with E-state index in [0.29, 0.717) is 0 Å². The second kappa shape index (κ2) is 5.98. The fourth-order valence-electron chi connectivity index (χ4n) is 2.18. The Balaban J connectivity index is 1.94. The van der Waals surface area contributed by atoms with E-state index in [0.717, 1.165) is 28.9 Å². The van der Waals surface area contributed by atoms with Gasteiger partial charge in [-0.1, -0.05) is 6.07 Å². The van der Waals surface area contributed by atoms with Crippen molar-refractivity contribution in [2.75, 3.05) is 11.1 Å². The van der Waals surface area contributed by atoms with Crippen molar-refractivity contribution in [2.24, 2.45) is 5.73 Å². The predicted octanol–water partition coefficient (Wildman–Crippen LogP) is 1.08. The summed E-state index contributed by atoms with van der Waals surface area (Å²) in [7, 11) is 0. The Morgan fingerprint density at radius 1 is 1.15 bits per heavy atom. The molecule has 2 amide bonds. The van der Waals surface area contributed by atoms with Crippen LogP contribution in [0.2, 0.25) is 0 Å². The maximum absolute atomic E-state index is 12.7. The Morgan fingerprint density at radius 2 is 1.88 bits per heavy atom. The van der Waals surface area contributed by atoms with Crippen molar-refractivity contribution in [2.45, 2.75) is 6.18 Å². The first-order valence-electron chi connectivity index (χ1n) is 6.96. The van der Waals surface area contributed by atoms with E-state index in [4.69, 9.17) is 11.5 Å². The van der Waals surface area contributed by atoms with E-state index in [9.17, 15) is 22.8 Å². The molecule has 0 spiro atoms. The topological polar surface area (TPSA) is 141 Å². The molecular weight excluding hydrogens is 355 g/mol. The fraction of sp³-hybridized carbons (Fsp3) is 0.0714. The molecule has 134 valence electrons. The van der Waals surface area contributed by atoms with E-state index in [1.165, 1.54) is 6.07 Å². The lowest BCUT2D eigenvalue weighted by Crippen LogP contribution is -2.20. The SMILES string of the molecule is NC(=O)c1ncn2c(N)c(C(=O)Nc3cccc(C(F)(F)F)c3)nnc12. The number of primary amides is 1. The number of nitrogens with zero attached hydrogens (tertiary/aromatic N) is 4. The number of hydrogen-bond acceptors (Lipinski definition) is 6. The van der Waals surface area contributed by atoms with Crippen molar-refractivity contribution in [3.63, 3.8) is 0 Å². The normalized spacial score (nSPS) is 11.5. The molecule has 3 aromatic rings. The maximum atomic E-state index is 12.7. The van der Waals surface area contributed by atoms with Crippen LogP contribution in [-0.2, 0) is 6.18 Å². The van der Waals surface area contributed by atoms with Gasteiger partial charge in [0.1, 0.15) is 12.1 Å². The van der Waals surface area contributed by atoms with E-state index >= 15 is 0 Å². The van der Waals surface area contributed by atoms with Crippen LogP contribution in [0.4, 0.5) is 24.7 Å². The molecular formula is C14H10F3N7O2. The minimum absolute atomic E-state index is 0.0504. The van der Waals surface area contributed by atoms with Crippen LogP contribution >= 0.6 is 0 Å². The van der Waals surface area contributed by atoms with Gasteiger partial charge in [0.15, 0.2) is 17.0 Å². The molecule has 0 fully saturated rings. The number of nitrogens with two attached hydrogens (primary N) is 2. The number of nitrogen functional groups attached to an aromatic ring is 1. The number of anilines is 2. The monoisotopic (exact) mass is 365 g/mol. The van der Waals surface area contributed by atoms with Gasteiger partial charge in [0.2, 0.25) is 0 Å². The summed E-state index contributed by atoms with van der Waals surface area (Å²) in [6.45, 7) is 0. The van der Waals surface area contributed by atoms with Gasteiger partial charge in [-0.3, -0.25) is 14.0 Å². The number of imidazole rings is 1. The summed E-state index contributed by atoms with van der Waals surface area (Å²) in [5.41, 5.74) is 9.32. The molecule has 0 aliphatic heterocycles. The van der Waals surface area contributed by atoms with Crippen LogP contribution in [-0.4, -0.2) is 31.4 Å². The molecule has 5 N–H and O–H groups in total. The molecule has 0 saturated carbocycles. The predicted molar refractivity (Wildman–Crippen MR) is 83.1 cm³/mol. The Hall–Kier alpha value is -3.70. The molecule has 0 aliphatic rings. The average molecular weight is 365 g/mol. The van der Waals surface area contributed by atoms with E-state index < -0.39 is 23.6 Å². The van der Waals surface area contributed by atoms with Gasteiger partial charge in [-0.2, -0.15) is 13.2 Å². The number of halogens is 3. The van der Waals surface area contributed by atoms with Crippen LogP contribution in [0.5, 0.6) is 0 Å². The summed E-state index contributed by atoms with van der Waals surface area (Å²) >= 11 is 0. The third-order valence-corrected chi connectivity index (χ3v) is 3.39. The zero-order chi connectivity index (χ0) is 19.1. The van der Waals surface area contributed by atoms with Crippen LogP contribution in [0.1, 0.15) is 26.5 Å². The van der Waals surface area contributed by atoms with Crippen LogP contribution in [0.25, 0.3) is 5.65 Å². The molecule has 0 unspecified atom stereocenters. The summed E-state index contributed by atoms with van der Waals surface area (Å²) in [6, 6.07) is 4.05. The minimum Gasteiger partial charge on any atom is -0.383 e. The standard InChI is InChI=1S/C14H10F3N7O2/c15-14(16,17)6-2-1-3-7(4-6)21-13(26)8-10(18)24-5-20-9(11(19)25)12(24)23-22-8/h1-5H,18H2,(H2,19,25)(H,21,26). The van der Waals surface area contributed by atoms with Crippen molar-refractivity contribution < 1.29 is 22.8 Å². The molecule has 2 heterocycles. The largest absolute Gasteiger partial charge is 0.416 e. The van der Waals surface area contributed by atoms with Crippen molar-refractivity contribution >= 4 is 29.0 Å². The maximum Gasteiger partial charge on any atom is 0.416 e. The number of hydrogen-bond donors (Lipinski definition) is 3. The molecule has 0 saturated heterocycles. The summed E-state index contributed by atoms with van der Waals surface area (Å²) < 4.78 is 39.3. The molecule has 0 aliphatic carbocycles. The molecule has 1 aromatic carbocycles. The van der Waals surface area contributed by atoms with E-state index in [2.05, 4.69) is 20.5 Å². The number of amides is 2. The minimum atomic E-state index is -4.56. The Labute approximate surface area is 142 Å². The molecule has 2 aromatic heterocycles. The summed E-state index contributed by atoms with van der Waals surface area (Å²) in [6.07, 6.45) is -3.43. The number of carbonyl (C=O) groups is 2. The van der Waals surface area contributed by atoms with Gasteiger partial charge in [0.05, 0.1) is 5.56 Å². The number of carbonyl (C=O) groups excluding carboxylic acids is 2.